The van der Waals surface area contributed by atoms with Gasteiger partial charge in [-0.05, 0) is 136 Å². The van der Waals surface area contributed by atoms with Gasteiger partial charge in [0, 0.05) is 49.7 Å². The van der Waals surface area contributed by atoms with E-state index in [1.165, 1.54) is 71.9 Å². The molecule has 0 saturated carbocycles. The van der Waals surface area contributed by atoms with Crippen LogP contribution in [0.15, 0.2) is 205 Å². The van der Waals surface area contributed by atoms with E-state index in [9.17, 15) is 0 Å². The lowest BCUT2D eigenvalue weighted by Crippen LogP contribution is -2.16. The maximum Gasteiger partial charge on any atom is 0.135 e. The number of rotatable bonds is 6. The fourth-order valence-electron chi connectivity index (χ4n) is 9.94. The van der Waals surface area contributed by atoms with Crippen molar-refractivity contribution < 1.29 is 4.42 Å². The Labute approximate surface area is 355 Å². The van der Waals surface area contributed by atoms with Gasteiger partial charge in [-0.25, -0.2) is 0 Å². The average Bonchev–Trinajstić information content (AvgIpc) is 3.92. The normalized spacial score (nSPS) is 13.0. The number of anilines is 3. The number of aryl methyl sites for hydroxylation is 1. The highest BCUT2D eigenvalue weighted by molar-refractivity contribution is 6.11. The minimum Gasteiger partial charge on any atom is -0.456 e. The standard InChI is InChI=1S/C58H42N2O/c1-37-19-24-42(25-20-37)59(45-28-30-47-46-13-4-7-16-52(46)58(2,3)53(47)36-45)43-26-21-38(22-27-43)39-11-10-12-40(33-39)41-23-31-55-50(34-41)48-14-5-8-17-54(48)60(55)44-29-32-57-51(35-44)49-15-6-9-18-56(49)61-57/h4-36H,1-3H3. The van der Waals surface area contributed by atoms with E-state index < -0.39 is 0 Å². The van der Waals surface area contributed by atoms with Crippen LogP contribution in [0.5, 0.6) is 0 Å². The summed E-state index contributed by atoms with van der Waals surface area (Å²) in [5, 5.41) is 4.73. The molecule has 0 fully saturated rings. The van der Waals surface area contributed by atoms with Gasteiger partial charge in [0.25, 0.3) is 0 Å². The van der Waals surface area contributed by atoms with Gasteiger partial charge in [0.15, 0.2) is 0 Å². The lowest BCUT2D eigenvalue weighted by molar-refractivity contribution is 0.660. The third kappa shape index (κ3) is 5.58. The first-order valence-electron chi connectivity index (χ1n) is 21.2. The molecule has 0 N–H and O–H groups in total. The number of furan rings is 1. The summed E-state index contributed by atoms with van der Waals surface area (Å²) in [6.07, 6.45) is 0. The van der Waals surface area contributed by atoms with Gasteiger partial charge in [0.05, 0.1) is 11.0 Å². The van der Waals surface area contributed by atoms with Gasteiger partial charge in [-0.15, -0.1) is 0 Å². The van der Waals surface area contributed by atoms with Crippen molar-refractivity contribution in [2.45, 2.75) is 26.2 Å². The summed E-state index contributed by atoms with van der Waals surface area (Å²) in [6, 6.07) is 73.2. The molecule has 9 aromatic carbocycles. The first kappa shape index (κ1) is 35.3. The molecule has 61 heavy (non-hydrogen) atoms. The molecule has 3 heteroatoms. The molecule has 0 radical (unpaired) electrons. The molecule has 2 aromatic heterocycles. The van der Waals surface area contributed by atoms with Crippen LogP contribution in [-0.2, 0) is 5.41 Å². The third-order valence-corrected chi connectivity index (χ3v) is 13.1. The number of benzene rings is 9. The van der Waals surface area contributed by atoms with E-state index in [0.717, 1.165) is 44.7 Å². The second-order valence-electron chi connectivity index (χ2n) is 17.1. The van der Waals surface area contributed by atoms with E-state index in [-0.39, 0.29) is 5.41 Å². The van der Waals surface area contributed by atoms with Crippen molar-refractivity contribution in [1.29, 1.82) is 0 Å². The van der Waals surface area contributed by atoms with Crippen molar-refractivity contribution in [2.24, 2.45) is 0 Å². The molecule has 12 rings (SSSR count). The largest absolute Gasteiger partial charge is 0.456 e. The number of fused-ring (bicyclic) bond motifs is 9. The van der Waals surface area contributed by atoms with E-state index in [0.29, 0.717) is 0 Å². The molecule has 0 unspecified atom stereocenters. The Kier molecular flexibility index (Phi) is 7.79. The zero-order chi connectivity index (χ0) is 40.8. The quantitative estimate of drug-likeness (QED) is 0.168. The molecular weight excluding hydrogens is 741 g/mol. The van der Waals surface area contributed by atoms with Crippen LogP contribution in [0, 0.1) is 6.92 Å². The van der Waals surface area contributed by atoms with Crippen LogP contribution in [-0.4, -0.2) is 4.57 Å². The van der Waals surface area contributed by atoms with E-state index >= 15 is 0 Å². The molecule has 3 nitrogen and oxygen atoms in total. The van der Waals surface area contributed by atoms with Gasteiger partial charge in [0.2, 0.25) is 0 Å². The number of hydrogen-bond acceptors (Lipinski definition) is 2. The Hall–Kier alpha value is -7.62. The number of hydrogen-bond donors (Lipinski definition) is 0. The van der Waals surface area contributed by atoms with Crippen molar-refractivity contribution in [3.63, 3.8) is 0 Å². The van der Waals surface area contributed by atoms with Crippen LogP contribution in [0.4, 0.5) is 17.1 Å². The van der Waals surface area contributed by atoms with E-state index in [1.807, 2.05) is 12.1 Å². The van der Waals surface area contributed by atoms with Crippen LogP contribution in [0.1, 0.15) is 30.5 Å². The summed E-state index contributed by atoms with van der Waals surface area (Å²) in [4.78, 5) is 2.39. The summed E-state index contributed by atoms with van der Waals surface area (Å²) in [5.41, 5.74) is 20.1. The van der Waals surface area contributed by atoms with Crippen molar-refractivity contribution in [1.82, 2.24) is 4.57 Å². The average molecular weight is 783 g/mol. The molecule has 290 valence electrons. The van der Waals surface area contributed by atoms with Crippen LogP contribution < -0.4 is 4.90 Å². The molecule has 1 aliphatic rings. The lowest BCUT2D eigenvalue weighted by Gasteiger charge is -2.28. The Morgan fingerprint density at radius 2 is 1.03 bits per heavy atom. The summed E-state index contributed by atoms with van der Waals surface area (Å²) in [6.45, 7) is 6.84. The molecule has 0 saturated heterocycles. The summed E-state index contributed by atoms with van der Waals surface area (Å²) in [7, 11) is 0. The topological polar surface area (TPSA) is 21.3 Å². The monoisotopic (exact) mass is 782 g/mol. The number of nitrogens with zero attached hydrogens (tertiary/aromatic N) is 2. The first-order valence-corrected chi connectivity index (χ1v) is 21.2. The van der Waals surface area contributed by atoms with Crippen molar-refractivity contribution >= 4 is 60.8 Å². The smallest absolute Gasteiger partial charge is 0.135 e. The highest BCUT2D eigenvalue weighted by atomic mass is 16.3. The van der Waals surface area contributed by atoms with Crippen molar-refractivity contribution in [3.05, 3.63) is 217 Å². The van der Waals surface area contributed by atoms with E-state index in [4.69, 9.17) is 4.42 Å². The maximum absolute atomic E-state index is 6.18. The molecule has 11 aromatic rings. The van der Waals surface area contributed by atoms with Gasteiger partial charge < -0.3 is 13.9 Å². The van der Waals surface area contributed by atoms with E-state index in [1.54, 1.807) is 0 Å². The predicted molar refractivity (Wildman–Crippen MR) is 256 cm³/mol. The van der Waals surface area contributed by atoms with Crippen LogP contribution in [0.3, 0.4) is 0 Å². The lowest BCUT2D eigenvalue weighted by atomic mass is 9.82. The molecule has 0 spiro atoms. The molecule has 0 bridgehead atoms. The first-order chi connectivity index (χ1) is 29.9. The predicted octanol–water partition coefficient (Wildman–Crippen LogP) is 16.1. The van der Waals surface area contributed by atoms with Gasteiger partial charge in [-0.1, -0.05) is 135 Å². The zero-order valence-corrected chi connectivity index (χ0v) is 34.4. The fourth-order valence-corrected chi connectivity index (χ4v) is 9.94. The fraction of sp³-hybridized carbons (Fsp3) is 0.0690. The zero-order valence-electron chi connectivity index (χ0n) is 34.4. The van der Waals surface area contributed by atoms with Crippen molar-refractivity contribution in [3.8, 4) is 39.1 Å². The van der Waals surface area contributed by atoms with Gasteiger partial charge >= 0.3 is 0 Å². The minimum atomic E-state index is -0.0807. The Morgan fingerprint density at radius 3 is 1.87 bits per heavy atom. The van der Waals surface area contributed by atoms with Crippen LogP contribution in [0.25, 0.3) is 82.8 Å². The Bertz CT molecular complexity index is 3510. The Morgan fingerprint density at radius 1 is 0.410 bits per heavy atom. The third-order valence-electron chi connectivity index (χ3n) is 13.1. The van der Waals surface area contributed by atoms with Gasteiger partial charge in [0.1, 0.15) is 11.2 Å². The van der Waals surface area contributed by atoms with Crippen LogP contribution >= 0.6 is 0 Å². The molecule has 0 aliphatic heterocycles. The molecular formula is C58H42N2O. The number of para-hydroxylation sites is 2. The maximum atomic E-state index is 6.18. The minimum absolute atomic E-state index is 0.0807. The molecule has 1 aliphatic carbocycles. The summed E-state index contributed by atoms with van der Waals surface area (Å²) < 4.78 is 8.56. The summed E-state index contributed by atoms with van der Waals surface area (Å²) in [5.74, 6) is 0. The molecule has 2 heterocycles. The molecule has 0 amide bonds. The SMILES string of the molecule is Cc1ccc(N(c2ccc(-c3cccc(-c4ccc5c(c4)c4ccccc4n5-c4ccc5oc6ccccc6c5c4)c3)cc2)c2ccc3c(c2)C(C)(C)c2ccccc2-3)cc1. The van der Waals surface area contributed by atoms with E-state index in [2.05, 4.69) is 218 Å². The second-order valence-corrected chi connectivity index (χ2v) is 17.1. The highest BCUT2D eigenvalue weighted by Crippen LogP contribution is 2.50. The number of aromatic nitrogens is 1. The van der Waals surface area contributed by atoms with Gasteiger partial charge in [-0.2, -0.15) is 0 Å². The summed E-state index contributed by atoms with van der Waals surface area (Å²) >= 11 is 0. The molecule has 0 atom stereocenters. The van der Waals surface area contributed by atoms with Crippen LogP contribution in [0.2, 0.25) is 0 Å². The highest BCUT2D eigenvalue weighted by Gasteiger charge is 2.35. The van der Waals surface area contributed by atoms with Crippen molar-refractivity contribution in [2.75, 3.05) is 4.90 Å². The second kappa shape index (κ2) is 13.5. The van der Waals surface area contributed by atoms with Gasteiger partial charge in [-0.3, -0.25) is 0 Å². The Balaban J connectivity index is 0.905.